The third kappa shape index (κ3) is 2.77. The number of hydrogen-bond acceptors (Lipinski definition) is 5. The lowest BCUT2D eigenvalue weighted by Crippen LogP contribution is -2.58. The molecule has 134 valence electrons. The Morgan fingerprint density at radius 1 is 1.25 bits per heavy atom. The molecule has 1 spiro atoms. The van der Waals surface area contributed by atoms with E-state index in [-0.39, 0.29) is 12.4 Å². The van der Waals surface area contributed by atoms with Crippen molar-refractivity contribution in [3.63, 3.8) is 0 Å². The predicted molar refractivity (Wildman–Crippen MR) is 89.6 cm³/mol. The molecule has 2 N–H and O–H groups in total. The number of carbonyl (C=O) groups is 1. The number of allylic oxidation sites excluding steroid dienone is 2. The van der Waals surface area contributed by atoms with Crippen molar-refractivity contribution in [2.24, 2.45) is 0 Å². The molecule has 2 fully saturated rings. The summed E-state index contributed by atoms with van der Waals surface area (Å²) in [6.45, 7) is 5.57. The van der Waals surface area contributed by atoms with Gasteiger partial charge in [-0.05, 0) is 32.3 Å². The Balaban J connectivity index is 1.87. The second kappa shape index (κ2) is 6.37. The van der Waals surface area contributed by atoms with Crippen molar-refractivity contribution in [1.82, 2.24) is 0 Å². The molecule has 3 rings (SSSR count). The van der Waals surface area contributed by atoms with Gasteiger partial charge in [0.2, 0.25) is 0 Å². The zero-order chi connectivity index (χ0) is 17.5. The zero-order valence-electron chi connectivity index (χ0n) is 14.7. The maximum Gasteiger partial charge on any atom is 0.194 e. The number of rotatable bonds is 6. The van der Waals surface area contributed by atoms with Crippen LogP contribution in [0.2, 0.25) is 0 Å². The van der Waals surface area contributed by atoms with Crippen LogP contribution in [0.15, 0.2) is 23.3 Å². The Hall–Kier alpha value is -1.01. The summed E-state index contributed by atoms with van der Waals surface area (Å²) in [7, 11) is 0. The van der Waals surface area contributed by atoms with Crippen LogP contribution in [0.25, 0.3) is 0 Å². The van der Waals surface area contributed by atoms with Gasteiger partial charge in [0.25, 0.3) is 0 Å². The van der Waals surface area contributed by atoms with Gasteiger partial charge in [0.1, 0.15) is 11.7 Å². The molecule has 5 heteroatoms. The molecule has 2 aliphatic heterocycles. The first-order chi connectivity index (χ1) is 11.4. The van der Waals surface area contributed by atoms with Crippen LogP contribution in [-0.4, -0.2) is 52.1 Å². The minimum Gasteiger partial charge on any atom is -0.392 e. The van der Waals surface area contributed by atoms with E-state index in [1.54, 1.807) is 0 Å². The number of hydrogen-bond donors (Lipinski definition) is 2. The second-order valence-electron chi connectivity index (χ2n) is 7.63. The number of unbranched alkanes of at least 4 members (excludes halogenated alkanes) is 3. The third-order valence-electron chi connectivity index (χ3n) is 5.50. The summed E-state index contributed by atoms with van der Waals surface area (Å²) in [5.41, 5.74) is -0.419. The Bertz CT molecular complexity index is 576. The summed E-state index contributed by atoms with van der Waals surface area (Å²) in [4.78, 5) is 12.7. The van der Waals surface area contributed by atoms with E-state index >= 15 is 0 Å². The normalized spacial score (nSPS) is 37.5. The molecular weight excluding hydrogens is 308 g/mol. The van der Waals surface area contributed by atoms with E-state index in [9.17, 15) is 15.0 Å². The molecule has 2 saturated heterocycles. The number of carbonyl (C=O) groups excluding carboxylic acids is 1. The Kier molecular flexibility index (Phi) is 4.73. The van der Waals surface area contributed by atoms with E-state index in [0.29, 0.717) is 17.6 Å². The summed E-state index contributed by atoms with van der Waals surface area (Å²) in [5.74, 6) is -0.0995. The molecule has 1 aliphatic carbocycles. The molecule has 0 amide bonds. The highest BCUT2D eigenvalue weighted by molar-refractivity contribution is 6.06. The summed E-state index contributed by atoms with van der Waals surface area (Å²) in [6, 6.07) is 0. The summed E-state index contributed by atoms with van der Waals surface area (Å²) in [5, 5.41) is 20.2. The van der Waals surface area contributed by atoms with Crippen LogP contribution in [0.1, 0.15) is 52.9 Å². The van der Waals surface area contributed by atoms with E-state index in [0.717, 1.165) is 25.7 Å². The molecule has 5 nitrogen and oxygen atoms in total. The van der Waals surface area contributed by atoms with E-state index in [2.05, 4.69) is 6.92 Å². The molecule has 0 saturated carbocycles. The van der Waals surface area contributed by atoms with Gasteiger partial charge in [-0.2, -0.15) is 0 Å². The van der Waals surface area contributed by atoms with Gasteiger partial charge in [-0.15, -0.1) is 0 Å². The highest BCUT2D eigenvalue weighted by Crippen LogP contribution is 2.56. The van der Waals surface area contributed by atoms with Gasteiger partial charge < -0.3 is 19.7 Å². The van der Waals surface area contributed by atoms with Crippen molar-refractivity contribution in [3.8, 4) is 0 Å². The van der Waals surface area contributed by atoms with Crippen molar-refractivity contribution >= 4 is 5.78 Å². The summed E-state index contributed by atoms with van der Waals surface area (Å²) < 4.78 is 11.8. The largest absolute Gasteiger partial charge is 0.392 e. The maximum atomic E-state index is 12.7. The summed E-state index contributed by atoms with van der Waals surface area (Å²) in [6.07, 6.45) is 6.77. The van der Waals surface area contributed by atoms with Crippen LogP contribution in [0, 0.1) is 0 Å². The number of aliphatic hydroxyl groups is 2. The fraction of sp³-hybridized carbons (Fsp3) is 0.737. The van der Waals surface area contributed by atoms with E-state index in [1.807, 2.05) is 26.0 Å². The number of epoxide rings is 1. The van der Waals surface area contributed by atoms with Crippen LogP contribution in [-0.2, 0) is 14.3 Å². The molecule has 0 unspecified atom stereocenters. The maximum absolute atomic E-state index is 12.7. The van der Waals surface area contributed by atoms with E-state index in [4.69, 9.17) is 9.47 Å². The Morgan fingerprint density at radius 3 is 2.67 bits per heavy atom. The number of ether oxygens (including phenoxy) is 2. The molecule has 0 aromatic rings. The average Bonchev–Trinajstić information content (AvgIpc) is 3.25. The quantitative estimate of drug-likeness (QED) is 0.573. The van der Waals surface area contributed by atoms with Gasteiger partial charge >= 0.3 is 0 Å². The van der Waals surface area contributed by atoms with Crippen LogP contribution in [0.4, 0.5) is 0 Å². The van der Waals surface area contributed by atoms with Gasteiger partial charge in [-0.25, -0.2) is 0 Å². The number of ketones is 1. The monoisotopic (exact) mass is 336 g/mol. The van der Waals surface area contributed by atoms with Crippen LogP contribution in [0.3, 0.4) is 0 Å². The predicted octanol–water partition coefficient (Wildman–Crippen LogP) is 2.06. The first kappa shape index (κ1) is 17.8. The third-order valence-corrected chi connectivity index (χ3v) is 5.50. The first-order valence-corrected chi connectivity index (χ1v) is 8.95. The standard InChI is InChI=1S/C19H28O5/c1-4-5-6-7-8-9-12-13(11-20)16-19(17(24-19)15(12)22)10-14(21)18(2,3)23-16/h8-9,14,16-17,20-21H,4-7,10-11H2,1-3H3/t14-,16-,17-,19+/m1/s1. The lowest BCUT2D eigenvalue weighted by molar-refractivity contribution is -0.189. The van der Waals surface area contributed by atoms with Crippen molar-refractivity contribution in [2.45, 2.75) is 82.4 Å². The SMILES string of the molecule is CCCCCC=CC1=C(CO)[C@H]2OC(C)(C)[C@H](O)C[C@]23O[C@@H]3C1=O. The molecule has 0 bridgehead atoms. The lowest BCUT2D eigenvalue weighted by Gasteiger charge is -2.45. The van der Waals surface area contributed by atoms with Crippen LogP contribution in [0.5, 0.6) is 0 Å². The molecule has 4 atom stereocenters. The Labute approximate surface area is 143 Å². The molecule has 24 heavy (non-hydrogen) atoms. The van der Waals surface area contributed by atoms with Crippen molar-refractivity contribution in [2.75, 3.05) is 6.61 Å². The molecule has 2 heterocycles. The Morgan fingerprint density at radius 2 is 2.00 bits per heavy atom. The molecule has 0 aromatic heterocycles. The summed E-state index contributed by atoms with van der Waals surface area (Å²) >= 11 is 0. The van der Waals surface area contributed by atoms with Gasteiger partial charge in [0, 0.05) is 12.0 Å². The van der Waals surface area contributed by atoms with Crippen LogP contribution >= 0.6 is 0 Å². The smallest absolute Gasteiger partial charge is 0.194 e. The van der Waals surface area contributed by atoms with E-state index < -0.39 is 29.5 Å². The molecule has 0 aromatic carbocycles. The van der Waals surface area contributed by atoms with Crippen molar-refractivity contribution < 1.29 is 24.5 Å². The average molecular weight is 336 g/mol. The molecule has 3 aliphatic rings. The van der Waals surface area contributed by atoms with Gasteiger partial charge in [-0.1, -0.05) is 31.9 Å². The number of Topliss-reactive ketones (excluding diaryl/α,β-unsaturated/α-hetero) is 1. The van der Waals surface area contributed by atoms with Crippen molar-refractivity contribution in [3.05, 3.63) is 23.3 Å². The number of aliphatic hydroxyl groups excluding tert-OH is 2. The van der Waals surface area contributed by atoms with Gasteiger partial charge in [0.15, 0.2) is 11.9 Å². The van der Waals surface area contributed by atoms with Crippen molar-refractivity contribution in [1.29, 1.82) is 0 Å². The molecular formula is C19H28O5. The van der Waals surface area contributed by atoms with Gasteiger partial charge in [-0.3, -0.25) is 4.79 Å². The minimum absolute atomic E-state index is 0.0995. The first-order valence-electron chi connectivity index (χ1n) is 8.95. The second-order valence-corrected chi connectivity index (χ2v) is 7.63. The fourth-order valence-electron chi connectivity index (χ4n) is 3.83. The van der Waals surface area contributed by atoms with E-state index in [1.165, 1.54) is 0 Å². The molecule has 0 radical (unpaired) electrons. The van der Waals surface area contributed by atoms with Gasteiger partial charge in [0.05, 0.1) is 18.3 Å². The lowest BCUT2D eigenvalue weighted by atomic mass is 9.73. The fourth-order valence-corrected chi connectivity index (χ4v) is 3.83. The minimum atomic E-state index is -0.788. The highest BCUT2D eigenvalue weighted by Gasteiger charge is 2.72. The highest BCUT2D eigenvalue weighted by atomic mass is 16.7. The van der Waals surface area contributed by atoms with Crippen LogP contribution < -0.4 is 0 Å². The topological polar surface area (TPSA) is 79.3 Å². The zero-order valence-corrected chi connectivity index (χ0v) is 14.7.